The highest BCUT2D eigenvalue weighted by Gasteiger charge is 2.28. The van der Waals surface area contributed by atoms with Crippen LogP contribution in [0.5, 0.6) is 11.5 Å². The first-order valence-corrected chi connectivity index (χ1v) is 8.31. The molecule has 0 fully saturated rings. The Morgan fingerprint density at radius 3 is 2.83 bits per heavy atom. The second-order valence-electron chi connectivity index (χ2n) is 5.66. The Labute approximate surface area is 139 Å². The molecule has 0 aliphatic carbocycles. The maximum Gasteiger partial charge on any atom is 0.232 e. The Kier molecular flexibility index (Phi) is 4.35. The average Bonchev–Trinajstić information content (AvgIpc) is 3.04. The topological polar surface area (TPSA) is 35.5 Å². The third-order valence-electron chi connectivity index (χ3n) is 3.55. The number of Topliss-reactive ketones (excluding diaryl/α,β-unsaturated/α-hetero) is 1. The third-order valence-corrected chi connectivity index (χ3v) is 4.51. The molecule has 0 saturated heterocycles. The Balaban J connectivity index is 1.81. The number of hydrogen-bond donors (Lipinski definition) is 0. The van der Waals surface area contributed by atoms with Crippen molar-refractivity contribution in [1.29, 1.82) is 0 Å². The molecule has 0 bridgehead atoms. The normalized spacial score (nSPS) is 14.6. The number of carbonyl (C=O) groups is 1. The molecule has 1 aliphatic rings. The van der Waals surface area contributed by atoms with Gasteiger partial charge in [-0.1, -0.05) is 5.57 Å². The fourth-order valence-corrected chi connectivity index (χ4v) is 3.06. The number of carbonyl (C=O) groups excluding carboxylic acids is 1. The first-order chi connectivity index (χ1) is 11.0. The summed E-state index contributed by atoms with van der Waals surface area (Å²) in [6.07, 6.45) is 3.82. The number of benzene rings is 1. The summed E-state index contributed by atoms with van der Waals surface area (Å²) in [5.74, 6) is 1.54. The van der Waals surface area contributed by atoms with Crippen LogP contribution in [0.4, 0.5) is 0 Å². The van der Waals surface area contributed by atoms with Crippen molar-refractivity contribution in [3.8, 4) is 11.5 Å². The summed E-state index contributed by atoms with van der Waals surface area (Å²) in [6.45, 7) is 6.58. The Morgan fingerprint density at radius 1 is 1.30 bits per heavy atom. The van der Waals surface area contributed by atoms with Crippen molar-refractivity contribution in [2.75, 3.05) is 6.61 Å². The molecule has 0 radical (unpaired) electrons. The fourth-order valence-electron chi connectivity index (χ4n) is 2.21. The van der Waals surface area contributed by atoms with E-state index in [1.807, 2.05) is 44.4 Å². The number of allylic oxidation sites excluding steroid dienone is 2. The molecule has 3 nitrogen and oxygen atoms in total. The number of ketones is 1. The molecule has 0 amide bonds. The predicted molar refractivity (Wildman–Crippen MR) is 93.4 cm³/mol. The molecule has 118 valence electrons. The van der Waals surface area contributed by atoms with E-state index in [0.29, 0.717) is 29.4 Å². The molecule has 2 aromatic rings. The van der Waals surface area contributed by atoms with Crippen molar-refractivity contribution >= 4 is 23.2 Å². The minimum absolute atomic E-state index is 0.0800. The van der Waals surface area contributed by atoms with Gasteiger partial charge in [0.25, 0.3) is 0 Å². The molecular formula is C19H18O3S. The largest absolute Gasteiger partial charge is 0.489 e. The van der Waals surface area contributed by atoms with Crippen LogP contribution in [0.2, 0.25) is 0 Å². The molecule has 23 heavy (non-hydrogen) atoms. The Hall–Kier alpha value is -2.33. The summed E-state index contributed by atoms with van der Waals surface area (Å²) in [5, 5.41) is 2.00. The van der Waals surface area contributed by atoms with Crippen molar-refractivity contribution in [3.05, 3.63) is 63.1 Å². The maximum atomic E-state index is 12.4. The van der Waals surface area contributed by atoms with Gasteiger partial charge < -0.3 is 9.47 Å². The second-order valence-corrected chi connectivity index (χ2v) is 6.61. The first-order valence-electron chi connectivity index (χ1n) is 7.43. The lowest BCUT2D eigenvalue weighted by Gasteiger charge is -2.05. The number of aryl methyl sites for hydroxylation is 1. The van der Waals surface area contributed by atoms with Gasteiger partial charge in [0.15, 0.2) is 5.76 Å². The zero-order chi connectivity index (χ0) is 16.4. The van der Waals surface area contributed by atoms with Gasteiger partial charge in [0, 0.05) is 17.0 Å². The Bertz CT molecular complexity index is 808. The summed E-state index contributed by atoms with van der Waals surface area (Å²) in [4.78, 5) is 13.5. The van der Waals surface area contributed by atoms with Crippen LogP contribution in [0, 0.1) is 6.92 Å². The van der Waals surface area contributed by atoms with Gasteiger partial charge in [0.2, 0.25) is 5.78 Å². The van der Waals surface area contributed by atoms with E-state index in [-0.39, 0.29) is 5.78 Å². The lowest BCUT2D eigenvalue weighted by molar-refractivity contribution is 0.101. The van der Waals surface area contributed by atoms with Gasteiger partial charge in [-0.25, -0.2) is 0 Å². The molecule has 0 atom stereocenters. The standard InChI is InChI=1S/C19H18O3S/c1-12(2)6-8-21-14-4-5-15-16(10-14)22-17(19(15)20)11-18-13(3)7-9-23-18/h4-7,9-11H,8H2,1-3H3/b17-11-. The van der Waals surface area contributed by atoms with E-state index in [2.05, 4.69) is 0 Å². The van der Waals surface area contributed by atoms with Gasteiger partial charge in [-0.05, 0) is 56.0 Å². The molecule has 0 unspecified atom stereocenters. The molecule has 4 heteroatoms. The van der Waals surface area contributed by atoms with E-state index >= 15 is 0 Å². The molecule has 0 N–H and O–H groups in total. The summed E-state index contributed by atoms with van der Waals surface area (Å²) in [5.41, 5.74) is 2.93. The molecule has 1 aromatic heterocycles. The SMILES string of the molecule is CC(C)=CCOc1ccc2c(c1)O/C(=C\c1sccc1C)C2=O. The van der Waals surface area contributed by atoms with E-state index < -0.39 is 0 Å². The smallest absolute Gasteiger partial charge is 0.232 e. The van der Waals surface area contributed by atoms with Crippen LogP contribution in [-0.4, -0.2) is 12.4 Å². The minimum Gasteiger partial charge on any atom is -0.489 e. The summed E-state index contributed by atoms with van der Waals surface area (Å²) in [6, 6.07) is 7.36. The quantitative estimate of drug-likeness (QED) is 0.585. The zero-order valence-electron chi connectivity index (χ0n) is 13.4. The number of hydrogen-bond acceptors (Lipinski definition) is 4. The van der Waals surface area contributed by atoms with Crippen LogP contribution in [0.1, 0.15) is 34.6 Å². The van der Waals surface area contributed by atoms with E-state index in [9.17, 15) is 4.79 Å². The van der Waals surface area contributed by atoms with Crippen LogP contribution in [0.25, 0.3) is 6.08 Å². The number of ether oxygens (including phenoxy) is 2. The second kappa shape index (κ2) is 6.42. The van der Waals surface area contributed by atoms with Crippen LogP contribution >= 0.6 is 11.3 Å². The van der Waals surface area contributed by atoms with E-state index in [1.54, 1.807) is 29.5 Å². The molecule has 3 rings (SSSR count). The van der Waals surface area contributed by atoms with Gasteiger partial charge in [-0.15, -0.1) is 11.3 Å². The van der Waals surface area contributed by atoms with Crippen molar-refractivity contribution in [2.24, 2.45) is 0 Å². The fraction of sp³-hybridized carbons (Fsp3) is 0.211. The van der Waals surface area contributed by atoms with Crippen molar-refractivity contribution in [1.82, 2.24) is 0 Å². The van der Waals surface area contributed by atoms with E-state index in [4.69, 9.17) is 9.47 Å². The van der Waals surface area contributed by atoms with Crippen LogP contribution in [0.3, 0.4) is 0 Å². The number of rotatable bonds is 4. The summed E-state index contributed by atoms with van der Waals surface area (Å²) in [7, 11) is 0. The zero-order valence-corrected chi connectivity index (χ0v) is 14.2. The Morgan fingerprint density at radius 2 is 2.13 bits per heavy atom. The van der Waals surface area contributed by atoms with Crippen molar-refractivity contribution in [3.63, 3.8) is 0 Å². The molecule has 1 aliphatic heterocycles. The predicted octanol–water partition coefficient (Wildman–Crippen LogP) is 5.02. The third kappa shape index (κ3) is 3.37. The molecule has 0 saturated carbocycles. The molecule has 0 spiro atoms. The number of thiophene rings is 1. The summed E-state index contributed by atoms with van der Waals surface area (Å²) < 4.78 is 11.4. The molecule has 1 aromatic carbocycles. The van der Waals surface area contributed by atoms with Crippen molar-refractivity contribution < 1.29 is 14.3 Å². The van der Waals surface area contributed by atoms with Gasteiger partial charge in [-0.2, -0.15) is 0 Å². The van der Waals surface area contributed by atoms with Crippen molar-refractivity contribution in [2.45, 2.75) is 20.8 Å². The highest BCUT2D eigenvalue weighted by molar-refractivity contribution is 7.11. The van der Waals surface area contributed by atoms with Gasteiger partial charge in [0.1, 0.15) is 18.1 Å². The first kappa shape index (κ1) is 15.6. The van der Waals surface area contributed by atoms with Gasteiger partial charge in [-0.3, -0.25) is 4.79 Å². The number of fused-ring (bicyclic) bond motifs is 1. The maximum absolute atomic E-state index is 12.4. The van der Waals surface area contributed by atoms with E-state index in [0.717, 1.165) is 10.4 Å². The van der Waals surface area contributed by atoms with Crippen LogP contribution < -0.4 is 9.47 Å². The lowest BCUT2D eigenvalue weighted by atomic mass is 10.1. The minimum atomic E-state index is -0.0800. The highest BCUT2D eigenvalue weighted by Crippen LogP contribution is 2.35. The summed E-state index contributed by atoms with van der Waals surface area (Å²) >= 11 is 1.59. The van der Waals surface area contributed by atoms with Crippen LogP contribution in [-0.2, 0) is 0 Å². The average molecular weight is 326 g/mol. The monoisotopic (exact) mass is 326 g/mol. The van der Waals surface area contributed by atoms with Crippen LogP contribution in [0.15, 0.2) is 47.1 Å². The van der Waals surface area contributed by atoms with E-state index in [1.165, 1.54) is 5.57 Å². The van der Waals surface area contributed by atoms with Gasteiger partial charge in [0.05, 0.1) is 5.56 Å². The lowest BCUT2D eigenvalue weighted by Crippen LogP contribution is -1.97. The highest BCUT2D eigenvalue weighted by atomic mass is 32.1. The molecular weight excluding hydrogens is 308 g/mol. The van der Waals surface area contributed by atoms with Gasteiger partial charge >= 0.3 is 0 Å². The molecule has 2 heterocycles.